The third-order valence-corrected chi connectivity index (χ3v) is 18.3. The first kappa shape index (κ1) is 84.7. The smallest absolute Gasteiger partial charge is 0.220 e. The molecule has 12 N–H and O–H groups in total. The van der Waals surface area contributed by atoms with Crippen LogP contribution >= 0.6 is 0 Å². The maximum atomic E-state index is 13.4. The van der Waals surface area contributed by atoms with Crippen molar-refractivity contribution >= 4 is 5.91 Å². The highest BCUT2D eigenvalue weighted by Gasteiger charge is 2.53. The summed E-state index contributed by atoms with van der Waals surface area (Å²) in [6.07, 6.45) is 42.3. The van der Waals surface area contributed by atoms with Gasteiger partial charge in [-0.05, 0) is 64.2 Å². The number of aliphatic hydroxyl groups excluding tert-OH is 11. The molecule has 19 heteroatoms. The summed E-state index contributed by atoms with van der Waals surface area (Å²) >= 11 is 0. The van der Waals surface area contributed by atoms with Gasteiger partial charge in [-0.25, -0.2) is 0 Å². The first-order valence-electron chi connectivity index (χ1n) is 37.0. The number of amides is 1. The van der Waals surface area contributed by atoms with Gasteiger partial charge in [0.15, 0.2) is 18.9 Å². The van der Waals surface area contributed by atoms with Gasteiger partial charge in [0.25, 0.3) is 0 Å². The zero-order valence-corrected chi connectivity index (χ0v) is 57.5. The second-order valence-corrected chi connectivity index (χ2v) is 26.4. The number of hydrogen-bond donors (Lipinski definition) is 12. The van der Waals surface area contributed by atoms with E-state index in [1.165, 1.54) is 167 Å². The van der Waals surface area contributed by atoms with Crippen LogP contribution in [0.15, 0.2) is 60.8 Å². The van der Waals surface area contributed by atoms with Gasteiger partial charge in [0.1, 0.15) is 73.2 Å². The summed E-state index contributed by atoms with van der Waals surface area (Å²) in [6.45, 7) is 1.60. The molecule has 0 aromatic heterocycles. The van der Waals surface area contributed by atoms with E-state index >= 15 is 0 Å². The average Bonchev–Trinajstić information content (AvgIpc) is 0.814. The Kier molecular flexibility index (Phi) is 50.4. The number of aliphatic hydroxyl groups is 11. The van der Waals surface area contributed by atoms with Crippen LogP contribution in [0.1, 0.15) is 271 Å². The van der Waals surface area contributed by atoms with Gasteiger partial charge < -0.3 is 89.9 Å². The fourth-order valence-electron chi connectivity index (χ4n) is 12.3. The monoisotopic (exact) mass is 1320 g/mol. The van der Waals surface area contributed by atoms with Crippen LogP contribution in [0.2, 0.25) is 0 Å². The highest BCUT2D eigenvalue weighted by atomic mass is 16.8. The SMILES string of the molecule is CC/C=C\C/C=C\C/C=C\CCCCCCCC(=O)NC(COC1OC(CO)C(OC2OC(CO)C(OC3OC(CO)C(O)C(O)C3O)C(O)C2O)C(O)C1O)C(O)/C=C/CC/C=C/CCCCCCCCCCCCCCCCCCCCCCCCCCCCC. The molecule has 0 spiro atoms. The summed E-state index contributed by atoms with van der Waals surface area (Å²) in [5.74, 6) is -0.302. The lowest BCUT2D eigenvalue weighted by molar-refractivity contribution is -0.379. The normalized spacial score (nSPS) is 27.9. The van der Waals surface area contributed by atoms with E-state index < -0.39 is 124 Å². The Morgan fingerprint density at radius 3 is 1.20 bits per heavy atom. The third kappa shape index (κ3) is 36.8. The van der Waals surface area contributed by atoms with Crippen LogP contribution in [-0.4, -0.2) is 193 Å². The van der Waals surface area contributed by atoms with Gasteiger partial charge >= 0.3 is 0 Å². The van der Waals surface area contributed by atoms with Gasteiger partial charge in [-0.1, -0.05) is 261 Å². The summed E-state index contributed by atoms with van der Waals surface area (Å²) < 4.78 is 34.3. The molecular weight excluding hydrogens is 1190 g/mol. The molecule has 93 heavy (non-hydrogen) atoms. The molecule has 3 heterocycles. The minimum atomic E-state index is -1.99. The van der Waals surface area contributed by atoms with Crippen LogP contribution in [0.25, 0.3) is 0 Å². The van der Waals surface area contributed by atoms with Crippen molar-refractivity contribution in [1.82, 2.24) is 5.32 Å². The van der Waals surface area contributed by atoms with Gasteiger partial charge in [-0.3, -0.25) is 4.79 Å². The topological polar surface area (TPSA) is 307 Å². The Hall–Kier alpha value is -2.51. The van der Waals surface area contributed by atoms with Crippen molar-refractivity contribution in [1.29, 1.82) is 0 Å². The van der Waals surface area contributed by atoms with Crippen molar-refractivity contribution in [2.45, 2.75) is 375 Å². The number of carbonyl (C=O) groups excluding carboxylic acids is 1. The number of carbonyl (C=O) groups is 1. The van der Waals surface area contributed by atoms with E-state index in [4.69, 9.17) is 28.4 Å². The number of unbranched alkanes of at least 4 members (excludes halogenated alkanes) is 33. The van der Waals surface area contributed by atoms with Crippen molar-refractivity contribution in [2.24, 2.45) is 0 Å². The number of hydrogen-bond acceptors (Lipinski definition) is 18. The predicted molar refractivity (Wildman–Crippen MR) is 365 cm³/mol. The molecule has 0 saturated carbocycles. The van der Waals surface area contributed by atoms with Crippen molar-refractivity contribution in [3.8, 4) is 0 Å². The van der Waals surface area contributed by atoms with Crippen LogP contribution in [0, 0.1) is 0 Å². The standard InChI is InChI=1S/C74H133NO18/c1-3-5-7-9-11-13-15-17-19-20-21-22-23-24-25-26-27-28-29-30-31-32-33-34-35-36-38-39-41-43-45-47-49-51-58(79)57(75-62(80)52-50-48-46-44-42-40-37-18-16-14-12-10-8-6-4-2)56-88-72-68(86)65(83)70(60(54-77)90-72)93-74-69(87)66(84)71(61(55-78)91-74)92-73-67(85)64(82)63(81)59(53-76)89-73/h6,8,12,14,18,37,41,43,49,51,57-61,63-74,76-79,81-87H,3-5,7,9-11,13,15-17,19-36,38-40,42,44-48,50,52-56H2,1-2H3,(H,75,80)/b8-6-,14-12-,37-18-,43-41+,51-49+. The Bertz CT molecular complexity index is 1920. The lowest BCUT2D eigenvalue weighted by Crippen LogP contribution is -2.66. The summed E-state index contributed by atoms with van der Waals surface area (Å²) in [7, 11) is 0. The maximum absolute atomic E-state index is 13.4. The molecule has 0 aromatic carbocycles. The molecule has 0 radical (unpaired) electrons. The quantitative estimate of drug-likeness (QED) is 0.0199. The number of rotatable bonds is 57. The molecule has 3 fully saturated rings. The van der Waals surface area contributed by atoms with Crippen molar-refractivity contribution in [3.05, 3.63) is 60.8 Å². The first-order chi connectivity index (χ1) is 45.3. The average molecular weight is 1320 g/mol. The van der Waals surface area contributed by atoms with E-state index in [1.54, 1.807) is 6.08 Å². The minimum absolute atomic E-state index is 0.214. The highest BCUT2D eigenvalue weighted by Crippen LogP contribution is 2.33. The molecule has 3 aliphatic heterocycles. The van der Waals surface area contributed by atoms with Gasteiger partial charge in [0, 0.05) is 6.42 Å². The fraction of sp³-hybridized carbons (Fsp3) is 0.851. The van der Waals surface area contributed by atoms with Crippen molar-refractivity contribution < 1.29 is 89.4 Å². The summed E-state index contributed by atoms with van der Waals surface area (Å²) in [5, 5.41) is 120. The highest BCUT2D eigenvalue weighted by molar-refractivity contribution is 5.76. The van der Waals surface area contributed by atoms with Crippen LogP contribution in [0.5, 0.6) is 0 Å². The van der Waals surface area contributed by atoms with Crippen molar-refractivity contribution in [3.63, 3.8) is 0 Å². The molecule has 1 amide bonds. The molecule has 0 bridgehead atoms. The largest absolute Gasteiger partial charge is 0.394 e. The summed E-state index contributed by atoms with van der Waals surface area (Å²) in [5.41, 5.74) is 0. The van der Waals surface area contributed by atoms with Crippen LogP contribution in [0.4, 0.5) is 0 Å². The number of allylic oxidation sites excluding steroid dienone is 9. The van der Waals surface area contributed by atoms with Gasteiger partial charge in [0.05, 0.1) is 38.6 Å². The molecule has 17 atom stereocenters. The van der Waals surface area contributed by atoms with E-state index in [-0.39, 0.29) is 18.9 Å². The minimum Gasteiger partial charge on any atom is -0.394 e. The zero-order valence-electron chi connectivity index (χ0n) is 57.5. The molecule has 3 rings (SSSR count). The van der Waals surface area contributed by atoms with Crippen LogP contribution in [-0.2, 0) is 33.2 Å². The predicted octanol–water partition coefficient (Wildman–Crippen LogP) is 10.7. The Labute approximate surface area is 560 Å². The van der Waals surface area contributed by atoms with Crippen LogP contribution in [0.3, 0.4) is 0 Å². The van der Waals surface area contributed by atoms with Crippen LogP contribution < -0.4 is 5.32 Å². The lowest BCUT2D eigenvalue weighted by atomic mass is 9.96. The van der Waals surface area contributed by atoms with E-state index in [0.717, 1.165) is 70.6 Å². The van der Waals surface area contributed by atoms with Gasteiger partial charge in [0.2, 0.25) is 5.91 Å². The zero-order chi connectivity index (χ0) is 67.5. The molecule has 542 valence electrons. The van der Waals surface area contributed by atoms with Crippen molar-refractivity contribution in [2.75, 3.05) is 26.4 Å². The first-order valence-corrected chi connectivity index (χ1v) is 37.0. The molecule has 17 unspecified atom stereocenters. The Morgan fingerprint density at radius 2 is 0.753 bits per heavy atom. The summed E-state index contributed by atoms with van der Waals surface area (Å²) in [4.78, 5) is 13.4. The summed E-state index contributed by atoms with van der Waals surface area (Å²) in [6, 6.07) is -1.00. The van der Waals surface area contributed by atoms with Gasteiger partial charge in [-0.15, -0.1) is 0 Å². The number of nitrogens with one attached hydrogen (secondary N) is 1. The maximum Gasteiger partial charge on any atom is 0.220 e. The second-order valence-electron chi connectivity index (χ2n) is 26.4. The lowest BCUT2D eigenvalue weighted by Gasteiger charge is -2.48. The van der Waals surface area contributed by atoms with E-state index in [9.17, 15) is 61.0 Å². The molecular formula is C74H133NO18. The molecule has 19 nitrogen and oxygen atoms in total. The third-order valence-electron chi connectivity index (χ3n) is 18.3. The van der Waals surface area contributed by atoms with Gasteiger partial charge in [-0.2, -0.15) is 0 Å². The van der Waals surface area contributed by atoms with E-state index in [2.05, 4.69) is 67.8 Å². The molecule has 0 aliphatic carbocycles. The fourth-order valence-corrected chi connectivity index (χ4v) is 12.3. The molecule has 3 aliphatic rings. The molecule has 0 aromatic rings. The Morgan fingerprint density at radius 1 is 0.398 bits per heavy atom. The van der Waals surface area contributed by atoms with E-state index in [0.29, 0.717) is 12.8 Å². The second kappa shape index (κ2) is 55.4. The number of ether oxygens (including phenoxy) is 6. The van der Waals surface area contributed by atoms with E-state index in [1.807, 2.05) is 6.08 Å². The molecule has 3 saturated heterocycles. The Balaban J connectivity index is 1.38.